The normalized spacial score (nSPS) is 28.2. The van der Waals surface area contributed by atoms with Gasteiger partial charge in [-0.2, -0.15) is 0 Å². The van der Waals surface area contributed by atoms with Crippen LogP contribution in [-0.2, 0) is 0 Å². The van der Waals surface area contributed by atoms with Crippen LogP contribution in [0.5, 0.6) is 0 Å². The van der Waals surface area contributed by atoms with Crippen molar-refractivity contribution in [3.8, 4) is 0 Å². The highest BCUT2D eigenvalue weighted by molar-refractivity contribution is 5.94. The topological polar surface area (TPSA) is 53.2 Å². The van der Waals surface area contributed by atoms with E-state index in [9.17, 15) is 9.18 Å². The molecule has 1 aromatic rings. The number of carbonyl (C=O) groups is 1. The second kappa shape index (κ2) is 5.05. The number of hydrogen-bond donors (Lipinski definition) is 3. The summed E-state index contributed by atoms with van der Waals surface area (Å²) in [5.74, 6) is -0.875. The van der Waals surface area contributed by atoms with Crippen LogP contribution in [0, 0.1) is 11.2 Å². The van der Waals surface area contributed by atoms with Crippen LogP contribution in [0.3, 0.4) is 0 Å². The fraction of sp³-hybridized carbons (Fsp3) is 0.533. The van der Waals surface area contributed by atoms with Crippen molar-refractivity contribution in [1.29, 1.82) is 0 Å². The number of benzene rings is 1. The molecular formula is C15H20FN3O. The fourth-order valence-corrected chi connectivity index (χ4v) is 3.39. The maximum Gasteiger partial charge on any atom is 0.253 e. The summed E-state index contributed by atoms with van der Waals surface area (Å²) in [6.45, 7) is 2.22. The first-order valence-corrected chi connectivity index (χ1v) is 7.11. The third-order valence-electron chi connectivity index (χ3n) is 4.50. The van der Waals surface area contributed by atoms with Gasteiger partial charge in [0.1, 0.15) is 5.82 Å². The molecule has 20 heavy (non-hydrogen) atoms. The Kier molecular flexibility index (Phi) is 3.38. The molecule has 0 unspecified atom stereocenters. The number of rotatable bonds is 3. The monoisotopic (exact) mass is 277 g/mol. The average molecular weight is 277 g/mol. The number of hydrogen-bond acceptors (Lipinski definition) is 3. The molecule has 3 rings (SSSR count). The second-order valence-electron chi connectivity index (χ2n) is 5.95. The van der Waals surface area contributed by atoms with Gasteiger partial charge < -0.3 is 16.0 Å². The number of nitrogens with one attached hydrogen (secondary N) is 3. The number of anilines is 1. The zero-order valence-corrected chi connectivity index (χ0v) is 11.6. The summed E-state index contributed by atoms with van der Waals surface area (Å²) in [6, 6.07) is 5.12. The maximum atomic E-state index is 13.8. The summed E-state index contributed by atoms with van der Waals surface area (Å²) in [6.07, 6.45) is 3.52. The van der Waals surface area contributed by atoms with Crippen LogP contribution < -0.4 is 16.0 Å². The first-order chi connectivity index (χ1) is 9.62. The molecule has 1 heterocycles. The summed E-state index contributed by atoms with van der Waals surface area (Å²) in [4.78, 5) is 11.4. The molecule has 4 nitrogen and oxygen atoms in total. The van der Waals surface area contributed by atoms with Crippen molar-refractivity contribution >= 4 is 11.6 Å². The maximum absolute atomic E-state index is 13.8. The van der Waals surface area contributed by atoms with Crippen LogP contribution in [0.2, 0.25) is 0 Å². The van der Waals surface area contributed by atoms with E-state index < -0.39 is 11.7 Å². The minimum absolute atomic E-state index is 0.0862. The molecule has 1 saturated carbocycles. The van der Waals surface area contributed by atoms with E-state index in [1.165, 1.54) is 25.6 Å². The van der Waals surface area contributed by atoms with E-state index in [-0.39, 0.29) is 5.56 Å². The number of carbonyl (C=O) groups excluding carboxylic acids is 1. The average Bonchev–Trinajstić information content (AvgIpc) is 2.87. The lowest BCUT2D eigenvalue weighted by atomic mass is 9.65. The Bertz CT molecular complexity index is 518. The van der Waals surface area contributed by atoms with Gasteiger partial charge in [0.05, 0.1) is 5.56 Å². The first-order valence-electron chi connectivity index (χ1n) is 7.11. The Balaban J connectivity index is 1.62. The van der Waals surface area contributed by atoms with E-state index >= 15 is 0 Å². The van der Waals surface area contributed by atoms with Gasteiger partial charge in [-0.3, -0.25) is 4.79 Å². The third kappa shape index (κ3) is 2.38. The van der Waals surface area contributed by atoms with Gasteiger partial charge in [0.15, 0.2) is 0 Å². The van der Waals surface area contributed by atoms with Gasteiger partial charge in [-0.1, -0.05) is 0 Å². The molecule has 0 aromatic heterocycles. The van der Waals surface area contributed by atoms with E-state index in [1.54, 1.807) is 6.07 Å². The molecule has 0 atom stereocenters. The summed E-state index contributed by atoms with van der Waals surface area (Å²) in [5, 5.41) is 9.19. The van der Waals surface area contributed by atoms with Crippen LogP contribution in [0.15, 0.2) is 18.2 Å². The van der Waals surface area contributed by atoms with Gasteiger partial charge in [0.2, 0.25) is 0 Å². The van der Waals surface area contributed by atoms with Crippen LogP contribution in [0.25, 0.3) is 0 Å². The lowest BCUT2D eigenvalue weighted by Gasteiger charge is -2.45. The molecule has 3 N–H and O–H groups in total. The molecule has 0 bridgehead atoms. The van der Waals surface area contributed by atoms with Gasteiger partial charge in [0.25, 0.3) is 5.91 Å². The molecule has 1 aliphatic carbocycles. The standard InChI is InChI=1S/C15H20FN3O/c1-17-14(20)12-3-2-10(6-13(12)16)19-11-7-15(8-11)4-5-18-9-15/h2-3,6,11,18-19H,4-5,7-9H2,1H3,(H,17,20). The van der Waals surface area contributed by atoms with E-state index in [0.29, 0.717) is 11.5 Å². The molecular weight excluding hydrogens is 257 g/mol. The lowest BCUT2D eigenvalue weighted by molar-refractivity contribution is 0.0959. The number of halogens is 1. The molecule has 2 aliphatic rings. The van der Waals surface area contributed by atoms with Crippen molar-refractivity contribution in [3.05, 3.63) is 29.6 Å². The Morgan fingerprint density at radius 1 is 1.45 bits per heavy atom. The van der Waals surface area contributed by atoms with Gasteiger partial charge in [-0.05, 0) is 49.4 Å². The summed E-state index contributed by atoms with van der Waals surface area (Å²) >= 11 is 0. The van der Waals surface area contributed by atoms with Crippen molar-refractivity contribution in [2.45, 2.75) is 25.3 Å². The quantitative estimate of drug-likeness (QED) is 0.789. The molecule has 2 fully saturated rings. The number of amides is 1. The largest absolute Gasteiger partial charge is 0.382 e. The highest BCUT2D eigenvalue weighted by Gasteiger charge is 2.45. The second-order valence-corrected chi connectivity index (χ2v) is 5.95. The molecule has 1 amide bonds. The predicted octanol–water partition coefficient (Wildman–Crippen LogP) is 1.74. The van der Waals surface area contributed by atoms with Gasteiger partial charge in [-0.15, -0.1) is 0 Å². The summed E-state index contributed by atoms with van der Waals surface area (Å²) in [7, 11) is 1.50. The third-order valence-corrected chi connectivity index (χ3v) is 4.50. The highest BCUT2D eigenvalue weighted by Crippen LogP contribution is 2.46. The van der Waals surface area contributed by atoms with Crippen LogP contribution in [0.1, 0.15) is 29.6 Å². The molecule has 0 radical (unpaired) electrons. The lowest BCUT2D eigenvalue weighted by Crippen LogP contribution is -2.46. The summed E-state index contributed by atoms with van der Waals surface area (Å²) < 4.78 is 13.8. The molecule has 1 aromatic carbocycles. The predicted molar refractivity (Wildman–Crippen MR) is 76.4 cm³/mol. The zero-order chi connectivity index (χ0) is 14.2. The van der Waals surface area contributed by atoms with E-state index in [4.69, 9.17) is 0 Å². The minimum Gasteiger partial charge on any atom is -0.382 e. The molecule has 1 saturated heterocycles. The Morgan fingerprint density at radius 3 is 2.85 bits per heavy atom. The SMILES string of the molecule is CNC(=O)c1ccc(NC2CC3(CCNC3)C2)cc1F. The smallest absolute Gasteiger partial charge is 0.253 e. The summed E-state index contributed by atoms with van der Waals surface area (Å²) in [5.41, 5.74) is 1.31. The van der Waals surface area contributed by atoms with Crippen molar-refractivity contribution in [2.24, 2.45) is 5.41 Å². The van der Waals surface area contributed by atoms with Crippen LogP contribution >= 0.6 is 0 Å². The molecule has 1 spiro atoms. The van der Waals surface area contributed by atoms with Gasteiger partial charge in [0, 0.05) is 25.3 Å². The minimum atomic E-state index is -0.481. The van der Waals surface area contributed by atoms with E-state index in [0.717, 1.165) is 31.6 Å². The highest BCUT2D eigenvalue weighted by atomic mass is 19.1. The Morgan fingerprint density at radius 2 is 2.25 bits per heavy atom. The van der Waals surface area contributed by atoms with Gasteiger partial charge in [-0.25, -0.2) is 4.39 Å². The Labute approximate surface area is 118 Å². The molecule has 5 heteroatoms. The molecule has 1 aliphatic heterocycles. The van der Waals surface area contributed by atoms with Crippen LogP contribution in [0.4, 0.5) is 10.1 Å². The van der Waals surface area contributed by atoms with E-state index in [2.05, 4.69) is 16.0 Å². The first kappa shape index (κ1) is 13.4. The van der Waals surface area contributed by atoms with Crippen molar-refractivity contribution in [3.63, 3.8) is 0 Å². The van der Waals surface area contributed by atoms with Crippen LogP contribution in [-0.4, -0.2) is 32.1 Å². The Hall–Kier alpha value is -1.62. The molecule has 108 valence electrons. The van der Waals surface area contributed by atoms with E-state index in [1.807, 2.05) is 0 Å². The van der Waals surface area contributed by atoms with Crippen molar-refractivity contribution in [1.82, 2.24) is 10.6 Å². The van der Waals surface area contributed by atoms with Crippen molar-refractivity contribution < 1.29 is 9.18 Å². The fourth-order valence-electron chi connectivity index (χ4n) is 3.39. The zero-order valence-electron chi connectivity index (χ0n) is 11.6. The van der Waals surface area contributed by atoms with Crippen molar-refractivity contribution in [2.75, 3.05) is 25.5 Å². The van der Waals surface area contributed by atoms with Gasteiger partial charge >= 0.3 is 0 Å².